The van der Waals surface area contributed by atoms with E-state index in [2.05, 4.69) is 4.98 Å². The maximum atomic E-state index is 12.8. The summed E-state index contributed by atoms with van der Waals surface area (Å²) >= 11 is 0. The second-order valence-corrected chi connectivity index (χ2v) is 2.26. The summed E-state index contributed by atoms with van der Waals surface area (Å²) in [5.41, 5.74) is 0.198. The minimum atomic E-state index is -0.718. The highest BCUT2D eigenvalue weighted by Crippen LogP contribution is 2.08. The van der Waals surface area contributed by atoms with Crippen LogP contribution in [0.4, 0.5) is 8.78 Å². The van der Waals surface area contributed by atoms with Gasteiger partial charge in [0.1, 0.15) is 5.82 Å². The number of rotatable bonds is 2. The molecule has 0 spiro atoms. The Labute approximate surface area is 68.5 Å². The zero-order chi connectivity index (χ0) is 8.97. The molecule has 2 nitrogen and oxygen atoms in total. The van der Waals surface area contributed by atoms with Crippen molar-refractivity contribution in [3.8, 4) is 6.07 Å². The van der Waals surface area contributed by atoms with E-state index in [1.807, 2.05) is 6.07 Å². The fourth-order valence-electron chi connectivity index (χ4n) is 0.833. The average molecular weight is 168 g/mol. The maximum Gasteiger partial charge on any atom is 0.213 e. The number of nitriles is 1. The zero-order valence-electron chi connectivity index (χ0n) is 6.22. The highest BCUT2D eigenvalue weighted by molar-refractivity contribution is 5.14. The van der Waals surface area contributed by atoms with Crippen molar-refractivity contribution in [2.24, 2.45) is 0 Å². The molecule has 62 valence electrons. The van der Waals surface area contributed by atoms with Crippen LogP contribution in [0, 0.1) is 23.1 Å². The lowest BCUT2D eigenvalue weighted by atomic mass is 10.1. The highest BCUT2D eigenvalue weighted by Gasteiger charge is 2.03. The van der Waals surface area contributed by atoms with Crippen LogP contribution in [0.15, 0.2) is 12.3 Å². The first-order valence-corrected chi connectivity index (χ1v) is 3.41. The highest BCUT2D eigenvalue weighted by atomic mass is 19.1. The predicted molar refractivity (Wildman–Crippen MR) is 38.1 cm³/mol. The minimum absolute atomic E-state index is 0.181. The molecule has 4 heteroatoms. The molecule has 0 saturated carbocycles. The van der Waals surface area contributed by atoms with Crippen molar-refractivity contribution in [2.45, 2.75) is 12.8 Å². The molecule has 0 fully saturated rings. The Kier molecular flexibility index (Phi) is 2.70. The molecule has 1 aromatic rings. The van der Waals surface area contributed by atoms with E-state index in [0.717, 1.165) is 12.3 Å². The number of aromatic nitrogens is 1. The van der Waals surface area contributed by atoms with Crippen molar-refractivity contribution in [3.63, 3.8) is 0 Å². The summed E-state index contributed by atoms with van der Waals surface area (Å²) in [7, 11) is 0. The number of nitrogens with zero attached hydrogens (tertiary/aromatic N) is 2. The van der Waals surface area contributed by atoms with Gasteiger partial charge in [-0.15, -0.1) is 0 Å². The molecule has 0 aliphatic carbocycles. The van der Waals surface area contributed by atoms with Crippen molar-refractivity contribution in [1.82, 2.24) is 4.98 Å². The Hall–Kier alpha value is -1.50. The zero-order valence-corrected chi connectivity index (χ0v) is 6.22. The molecule has 0 unspecified atom stereocenters. The lowest BCUT2D eigenvalue weighted by Gasteiger charge is -1.97. The number of aryl methyl sites for hydroxylation is 1. The molecule has 0 bridgehead atoms. The van der Waals surface area contributed by atoms with Gasteiger partial charge in [0, 0.05) is 6.42 Å². The molecule has 0 N–H and O–H groups in total. The van der Waals surface area contributed by atoms with Gasteiger partial charge in [-0.2, -0.15) is 9.65 Å². The average Bonchev–Trinajstić information content (AvgIpc) is 2.07. The molecular weight excluding hydrogens is 162 g/mol. The molecule has 1 rings (SSSR count). The third kappa shape index (κ3) is 1.99. The molecule has 0 aliphatic heterocycles. The van der Waals surface area contributed by atoms with E-state index in [1.54, 1.807) is 0 Å². The van der Waals surface area contributed by atoms with Crippen LogP contribution in [0.1, 0.15) is 12.0 Å². The summed E-state index contributed by atoms with van der Waals surface area (Å²) in [6, 6.07) is 2.86. The van der Waals surface area contributed by atoms with E-state index in [4.69, 9.17) is 5.26 Å². The van der Waals surface area contributed by atoms with Crippen LogP contribution in [-0.2, 0) is 6.42 Å². The first kappa shape index (κ1) is 8.60. The van der Waals surface area contributed by atoms with Crippen LogP contribution in [-0.4, -0.2) is 4.98 Å². The van der Waals surface area contributed by atoms with Crippen molar-refractivity contribution in [3.05, 3.63) is 29.6 Å². The van der Waals surface area contributed by atoms with Gasteiger partial charge in [-0.3, -0.25) is 0 Å². The van der Waals surface area contributed by atoms with E-state index in [9.17, 15) is 8.78 Å². The van der Waals surface area contributed by atoms with E-state index >= 15 is 0 Å². The molecule has 0 atom stereocenters. The Balaban J connectivity index is 2.84. The topological polar surface area (TPSA) is 36.7 Å². The number of hydrogen-bond donors (Lipinski definition) is 0. The third-order valence-corrected chi connectivity index (χ3v) is 1.41. The number of hydrogen-bond acceptors (Lipinski definition) is 2. The van der Waals surface area contributed by atoms with E-state index in [-0.39, 0.29) is 18.4 Å². The second-order valence-electron chi connectivity index (χ2n) is 2.26. The van der Waals surface area contributed by atoms with Crippen LogP contribution in [0.25, 0.3) is 0 Å². The first-order valence-electron chi connectivity index (χ1n) is 3.41. The first-order chi connectivity index (χ1) is 5.74. The predicted octanol–water partition coefficient (Wildman–Crippen LogP) is 1.82. The van der Waals surface area contributed by atoms with Crippen LogP contribution in [0.5, 0.6) is 0 Å². The second kappa shape index (κ2) is 3.77. The molecule has 12 heavy (non-hydrogen) atoms. The van der Waals surface area contributed by atoms with Crippen molar-refractivity contribution in [1.29, 1.82) is 5.26 Å². The Morgan fingerprint density at radius 1 is 1.50 bits per heavy atom. The smallest absolute Gasteiger partial charge is 0.213 e. The van der Waals surface area contributed by atoms with Crippen LogP contribution >= 0.6 is 0 Å². The quantitative estimate of drug-likeness (QED) is 0.631. The van der Waals surface area contributed by atoms with E-state index < -0.39 is 11.8 Å². The molecule has 0 radical (unpaired) electrons. The molecule has 0 aliphatic rings. The van der Waals surface area contributed by atoms with Crippen LogP contribution in [0.3, 0.4) is 0 Å². The Morgan fingerprint density at radius 3 is 2.92 bits per heavy atom. The molecule has 1 heterocycles. The summed E-state index contributed by atoms with van der Waals surface area (Å²) in [5.74, 6) is -1.28. The van der Waals surface area contributed by atoms with Gasteiger partial charge in [0.15, 0.2) is 0 Å². The van der Waals surface area contributed by atoms with Gasteiger partial charge in [-0.1, -0.05) is 0 Å². The van der Waals surface area contributed by atoms with Crippen molar-refractivity contribution >= 4 is 0 Å². The standard InChI is InChI=1S/C8H6F2N2/c9-7-5-12-8(10)4-6(7)2-1-3-11/h4-5H,1-2H2. The maximum absolute atomic E-state index is 12.8. The molecule has 0 aromatic carbocycles. The number of pyridine rings is 1. The summed E-state index contributed by atoms with van der Waals surface area (Å²) in [5, 5.41) is 8.21. The largest absolute Gasteiger partial charge is 0.225 e. The van der Waals surface area contributed by atoms with Crippen molar-refractivity contribution < 1.29 is 8.78 Å². The lowest BCUT2D eigenvalue weighted by molar-refractivity contribution is 0.549. The van der Waals surface area contributed by atoms with Gasteiger partial charge in [0.05, 0.1) is 12.3 Å². The van der Waals surface area contributed by atoms with Gasteiger partial charge in [0.2, 0.25) is 5.95 Å². The van der Waals surface area contributed by atoms with Crippen LogP contribution < -0.4 is 0 Å². The van der Waals surface area contributed by atoms with Gasteiger partial charge in [-0.05, 0) is 18.1 Å². The fourth-order valence-corrected chi connectivity index (χ4v) is 0.833. The van der Waals surface area contributed by atoms with Gasteiger partial charge in [-0.25, -0.2) is 9.37 Å². The van der Waals surface area contributed by atoms with E-state index in [1.165, 1.54) is 0 Å². The summed E-state index contributed by atoms with van der Waals surface area (Å²) < 4.78 is 25.2. The summed E-state index contributed by atoms with van der Waals surface area (Å²) in [6.45, 7) is 0. The third-order valence-electron chi connectivity index (χ3n) is 1.41. The van der Waals surface area contributed by atoms with Crippen LogP contribution in [0.2, 0.25) is 0 Å². The molecular formula is C8H6F2N2. The minimum Gasteiger partial charge on any atom is -0.225 e. The Bertz CT molecular complexity index is 317. The normalized spacial score (nSPS) is 9.42. The molecule has 0 amide bonds. The summed E-state index contributed by atoms with van der Waals surface area (Å²) in [4.78, 5) is 3.12. The SMILES string of the molecule is N#CCCc1cc(F)ncc1F. The number of halogens is 2. The molecule has 0 saturated heterocycles. The van der Waals surface area contributed by atoms with Gasteiger partial charge >= 0.3 is 0 Å². The van der Waals surface area contributed by atoms with Gasteiger partial charge < -0.3 is 0 Å². The van der Waals surface area contributed by atoms with Crippen molar-refractivity contribution in [2.75, 3.05) is 0 Å². The Morgan fingerprint density at radius 2 is 2.25 bits per heavy atom. The monoisotopic (exact) mass is 168 g/mol. The van der Waals surface area contributed by atoms with Gasteiger partial charge in [0.25, 0.3) is 0 Å². The fraction of sp³-hybridized carbons (Fsp3) is 0.250. The van der Waals surface area contributed by atoms with E-state index in [0.29, 0.717) is 0 Å². The summed E-state index contributed by atoms with van der Waals surface area (Å²) in [6.07, 6.45) is 1.23. The lowest BCUT2D eigenvalue weighted by Crippen LogP contribution is -1.93. The molecule has 1 aromatic heterocycles.